The third kappa shape index (κ3) is 5.31. The summed E-state index contributed by atoms with van der Waals surface area (Å²) in [7, 11) is -3.70. The zero-order valence-corrected chi connectivity index (χ0v) is 19.3. The monoisotopic (exact) mass is 470 g/mol. The van der Waals surface area contributed by atoms with Crippen molar-refractivity contribution in [1.29, 1.82) is 0 Å². The molecule has 0 radical (unpaired) electrons. The van der Waals surface area contributed by atoms with Gasteiger partial charge in [-0.25, -0.2) is 17.5 Å². The minimum Gasteiger partial charge on any atom is -0.311 e. The first-order valence-electron chi connectivity index (χ1n) is 11.0. The summed E-state index contributed by atoms with van der Waals surface area (Å²) in [6.07, 6.45) is 3.46. The molecule has 174 valence electrons. The molecule has 0 unspecified atom stereocenters. The fourth-order valence-corrected chi connectivity index (χ4v) is 5.43. The number of sulfonamides is 1. The molecule has 4 rings (SSSR count). The Balaban J connectivity index is 1.35. The maximum atomic E-state index is 13.1. The smallest absolute Gasteiger partial charge is 0.243 e. The summed E-state index contributed by atoms with van der Waals surface area (Å²) in [6.45, 7) is 3.13. The standard InChI is InChI=1S/C24H27FN4O3S/c1-2-18-3-5-19(6-4-18)17-29-23(11-14-26-29)27-24(30)20-12-15-28(16-13-20)33(31,32)22-9-7-21(25)8-10-22/h3-11,14,20H,2,12-13,15-17H2,1H3,(H,27,30). The van der Waals surface area contributed by atoms with Gasteiger partial charge < -0.3 is 5.32 Å². The third-order valence-electron chi connectivity index (χ3n) is 6.01. The van der Waals surface area contributed by atoms with Crippen molar-refractivity contribution in [2.45, 2.75) is 37.6 Å². The van der Waals surface area contributed by atoms with Crippen molar-refractivity contribution in [3.05, 3.63) is 77.7 Å². The molecule has 0 bridgehead atoms. The molecule has 1 fully saturated rings. The van der Waals surface area contributed by atoms with Gasteiger partial charge in [0.1, 0.15) is 11.6 Å². The average Bonchev–Trinajstić information content (AvgIpc) is 3.26. The van der Waals surface area contributed by atoms with Gasteiger partial charge in [0.2, 0.25) is 15.9 Å². The fourth-order valence-electron chi connectivity index (χ4n) is 3.96. The van der Waals surface area contributed by atoms with Crippen LogP contribution < -0.4 is 5.32 Å². The molecule has 1 aromatic heterocycles. The number of nitrogens with zero attached hydrogens (tertiary/aromatic N) is 3. The van der Waals surface area contributed by atoms with Crippen LogP contribution in [0, 0.1) is 11.7 Å². The molecule has 7 nitrogen and oxygen atoms in total. The quantitative estimate of drug-likeness (QED) is 0.571. The van der Waals surface area contributed by atoms with Gasteiger partial charge in [-0.3, -0.25) is 4.79 Å². The van der Waals surface area contributed by atoms with Gasteiger partial charge in [-0.05, 0) is 54.7 Å². The number of carbonyl (C=O) groups excluding carboxylic acids is 1. The van der Waals surface area contributed by atoms with Gasteiger partial charge >= 0.3 is 0 Å². The number of hydrogen-bond donors (Lipinski definition) is 1. The highest BCUT2D eigenvalue weighted by Gasteiger charge is 2.32. The van der Waals surface area contributed by atoms with Crippen molar-refractivity contribution in [2.75, 3.05) is 18.4 Å². The number of halogens is 1. The van der Waals surface area contributed by atoms with Crippen LogP contribution in [0.5, 0.6) is 0 Å². The van der Waals surface area contributed by atoms with Crippen LogP contribution >= 0.6 is 0 Å². The van der Waals surface area contributed by atoms with Crippen LogP contribution in [0.3, 0.4) is 0 Å². The van der Waals surface area contributed by atoms with Crippen molar-refractivity contribution < 1.29 is 17.6 Å². The van der Waals surface area contributed by atoms with Gasteiger partial charge in [0.15, 0.2) is 0 Å². The number of aryl methyl sites for hydroxylation is 1. The second-order valence-corrected chi connectivity index (χ2v) is 10.1. The minimum atomic E-state index is -3.70. The Hall–Kier alpha value is -3.04. The van der Waals surface area contributed by atoms with Gasteiger partial charge in [0.05, 0.1) is 17.6 Å². The molecule has 2 heterocycles. The summed E-state index contributed by atoms with van der Waals surface area (Å²) in [4.78, 5) is 12.9. The Kier molecular flexibility index (Phi) is 6.90. The first-order valence-corrected chi connectivity index (χ1v) is 12.5. The van der Waals surface area contributed by atoms with Crippen LogP contribution in [-0.2, 0) is 27.8 Å². The molecule has 2 aromatic carbocycles. The second-order valence-electron chi connectivity index (χ2n) is 8.17. The SMILES string of the molecule is CCc1ccc(Cn2nccc2NC(=O)C2CCN(S(=O)(=O)c3ccc(F)cc3)CC2)cc1. The Morgan fingerprint density at radius 1 is 1.03 bits per heavy atom. The topological polar surface area (TPSA) is 84.3 Å². The lowest BCUT2D eigenvalue weighted by Crippen LogP contribution is -2.41. The number of nitrogens with one attached hydrogen (secondary N) is 1. The molecule has 1 aliphatic rings. The lowest BCUT2D eigenvalue weighted by molar-refractivity contribution is -0.121. The summed E-state index contributed by atoms with van der Waals surface area (Å²) in [5, 5.41) is 7.27. The van der Waals surface area contributed by atoms with E-state index in [0.717, 1.165) is 24.1 Å². The van der Waals surface area contributed by atoms with E-state index in [4.69, 9.17) is 0 Å². The van der Waals surface area contributed by atoms with E-state index in [9.17, 15) is 17.6 Å². The highest BCUT2D eigenvalue weighted by atomic mass is 32.2. The Labute approximate surface area is 193 Å². The van der Waals surface area contributed by atoms with Crippen LogP contribution in [0.15, 0.2) is 65.7 Å². The van der Waals surface area contributed by atoms with Crippen molar-refractivity contribution in [3.8, 4) is 0 Å². The van der Waals surface area contributed by atoms with Crippen molar-refractivity contribution in [2.24, 2.45) is 5.92 Å². The Bertz CT molecular complexity index is 1200. The highest BCUT2D eigenvalue weighted by Crippen LogP contribution is 2.25. The number of hydrogen-bond acceptors (Lipinski definition) is 4. The Morgan fingerprint density at radius 2 is 1.67 bits per heavy atom. The zero-order valence-electron chi connectivity index (χ0n) is 18.4. The van der Waals surface area contributed by atoms with Gasteiger partial charge in [0.25, 0.3) is 0 Å². The molecule has 0 atom stereocenters. The highest BCUT2D eigenvalue weighted by molar-refractivity contribution is 7.89. The second kappa shape index (κ2) is 9.84. The van der Waals surface area contributed by atoms with E-state index >= 15 is 0 Å². The number of rotatable bonds is 7. The Morgan fingerprint density at radius 3 is 2.30 bits per heavy atom. The van der Waals surface area contributed by atoms with E-state index in [2.05, 4.69) is 41.6 Å². The maximum Gasteiger partial charge on any atom is 0.243 e. The number of carbonyl (C=O) groups is 1. The molecular weight excluding hydrogens is 443 g/mol. The van der Waals surface area contributed by atoms with E-state index in [1.54, 1.807) is 16.9 Å². The van der Waals surface area contributed by atoms with Gasteiger partial charge in [-0.2, -0.15) is 9.40 Å². The molecular formula is C24H27FN4O3S. The lowest BCUT2D eigenvalue weighted by Gasteiger charge is -2.30. The lowest BCUT2D eigenvalue weighted by atomic mass is 9.97. The first kappa shape index (κ1) is 23.1. The number of anilines is 1. The summed E-state index contributed by atoms with van der Waals surface area (Å²) in [6, 6.07) is 14.8. The van der Waals surface area contributed by atoms with E-state index in [1.807, 2.05) is 0 Å². The molecule has 1 aliphatic heterocycles. The van der Waals surface area contributed by atoms with Crippen LogP contribution in [0.1, 0.15) is 30.9 Å². The summed E-state index contributed by atoms with van der Waals surface area (Å²) in [5.74, 6) is -0.309. The molecule has 9 heteroatoms. The van der Waals surface area contributed by atoms with Gasteiger partial charge in [-0.15, -0.1) is 0 Å². The first-order chi connectivity index (χ1) is 15.9. The summed E-state index contributed by atoms with van der Waals surface area (Å²) < 4.78 is 41.8. The normalized spacial score (nSPS) is 15.5. The van der Waals surface area contributed by atoms with Crippen LogP contribution in [0.2, 0.25) is 0 Å². The maximum absolute atomic E-state index is 13.1. The molecule has 3 aromatic rings. The molecule has 1 saturated heterocycles. The molecule has 33 heavy (non-hydrogen) atoms. The fraction of sp³-hybridized carbons (Fsp3) is 0.333. The molecule has 1 amide bonds. The van der Waals surface area contributed by atoms with Crippen LogP contribution in [0.4, 0.5) is 10.2 Å². The van der Waals surface area contributed by atoms with Crippen molar-refractivity contribution in [1.82, 2.24) is 14.1 Å². The summed E-state index contributed by atoms with van der Waals surface area (Å²) in [5.41, 5.74) is 2.35. The zero-order chi connectivity index (χ0) is 23.4. The number of benzene rings is 2. The van der Waals surface area contributed by atoms with Crippen molar-refractivity contribution in [3.63, 3.8) is 0 Å². The van der Waals surface area contributed by atoms with E-state index in [-0.39, 0.29) is 29.8 Å². The van der Waals surface area contributed by atoms with Crippen molar-refractivity contribution >= 4 is 21.7 Å². The predicted molar refractivity (Wildman–Crippen MR) is 124 cm³/mol. The molecule has 0 spiro atoms. The van der Waals surface area contributed by atoms with E-state index in [0.29, 0.717) is 25.2 Å². The molecule has 1 N–H and O–H groups in total. The summed E-state index contributed by atoms with van der Waals surface area (Å²) >= 11 is 0. The van der Waals surface area contributed by atoms with Gasteiger partial charge in [-0.1, -0.05) is 31.2 Å². The average molecular weight is 471 g/mol. The largest absolute Gasteiger partial charge is 0.311 e. The number of aromatic nitrogens is 2. The molecule has 0 aliphatic carbocycles. The molecule has 0 saturated carbocycles. The van der Waals surface area contributed by atoms with E-state index < -0.39 is 15.8 Å². The number of amides is 1. The number of piperidine rings is 1. The predicted octanol–water partition coefficient (Wildman–Crippen LogP) is 3.67. The van der Waals surface area contributed by atoms with Gasteiger partial charge in [0, 0.05) is 25.1 Å². The van der Waals surface area contributed by atoms with E-state index in [1.165, 1.54) is 22.0 Å². The minimum absolute atomic E-state index is 0.0580. The third-order valence-corrected chi connectivity index (χ3v) is 7.92. The van der Waals surface area contributed by atoms with Crippen LogP contribution in [0.25, 0.3) is 0 Å². The van der Waals surface area contributed by atoms with Crippen LogP contribution in [-0.4, -0.2) is 41.5 Å².